The molecule has 0 saturated heterocycles. The van der Waals surface area contributed by atoms with Crippen molar-refractivity contribution in [3.63, 3.8) is 0 Å². The molecule has 2 rings (SSSR count). The Balaban J connectivity index is 1.79. The summed E-state index contributed by atoms with van der Waals surface area (Å²) in [4.78, 5) is 11.0. The molecule has 0 aliphatic heterocycles. The van der Waals surface area contributed by atoms with Crippen LogP contribution < -0.4 is 4.74 Å². The molecule has 1 aromatic carbocycles. The SMILES string of the molecule is O=C(O)c1sccc1OCOCc1ccccc1. The normalized spacial score (nSPS) is 10.2. The van der Waals surface area contributed by atoms with Gasteiger partial charge in [0.05, 0.1) is 6.61 Å². The molecule has 0 unspecified atom stereocenters. The first-order chi connectivity index (χ1) is 8.77. The molecule has 0 aliphatic rings. The number of carboxylic acids is 1. The van der Waals surface area contributed by atoms with E-state index in [4.69, 9.17) is 14.6 Å². The smallest absolute Gasteiger partial charge is 0.349 e. The Labute approximate surface area is 108 Å². The Hall–Kier alpha value is -1.85. The summed E-state index contributed by atoms with van der Waals surface area (Å²) in [6.45, 7) is 0.472. The van der Waals surface area contributed by atoms with E-state index in [1.54, 1.807) is 11.4 Å². The molecule has 0 fully saturated rings. The van der Waals surface area contributed by atoms with Crippen molar-refractivity contribution in [3.05, 3.63) is 52.2 Å². The fourth-order valence-corrected chi connectivity index (χ4v) is 2.08. The highest BCUT2D eigenvalue weighted by atomic mass is 32.1. The molecule has 0 radical (unpaired) electrons. The van der Waals surface area contributed by atoms with Crippen LogP contribution in [0.25, 0.3) is 0 Å². The van der Waals surface area contributed by atoms with E-state index in [9.17, 15) is 4.79 Å². The fraction of sp³-hybridized carbons (Fsp3) is 0.154. The molecule has 0 amide bonds. The number of hydrogen-bond donors (Lipinski definition) is 1. The molecular weight excluding hydrogens is 252 g/mol. The van der Waals surface area contributed by atoms with E-state index >= 15 is 0 Å². The second-order valence-electron chi connectivity index (χ2n) is 3.52. The van der Waals surface area contributed by atoms with Gasteiger partial charge in [-0.1, -0.05) is 30.3 Å². The maximum Gasteiger partial charge on any atom is 0.349 e. The Morgan fingerprint density at radius 1 is 1.22 bits per heavy atom. The van der Waals surface area contributed by atoms with Crippen LogP contribution in [0, 0.1) is 0 Å². The van der Waals surface area contributed by atoms with Gasteiger partial charge in [-0.15, -0.1) is 11.3 Å². The minimum absolute atomic E-state index is 0.0336. The summed E-state index contributed by atoms with van der Waals surface area (Å²) >= 11 is 1.13. The monoisotopic (exact) mass is 264 g/mol. The molecule has 0 spiro atoms. The summed E-state index contributed by atoms with van der Waals surface area (Å²) in [6.07, 6.45) is 0. The van der Waals surface area contributed by atoms with E-state index in [1.165, 1.54) is 0 Å². The van der Waals surface area contributed by atoms with Crippen molar-refractivity contribution < 1.29 is 19.4 Å². The summed E-state index contributed by atoms with van der Waals surface area (Å²) in [7, 11) is 0. The number of thiophene rings is 1. The van der Waals surface area contributed by atoms with Crippen molar-refractivity contribution >= 4 is 17.3 Å². The number of ether oxygens (including phenoxy) is 2. The van der Waals surface area contributed by atoms with Gasteiger partial charge in [0.1, 0.15) is 5.75 Å². The van der Waals surface area contributed by atoms with Gasteiger partial charge in [0.15, 0.2) is 11.7 Å². The average molecular weight is 264 g/mol. The van der Waals surface area contributed by atoms with E-state index in [-0.39, 0.29) is 11.7 Å². The minimum atomic E-state index is -0.983. The first-order valence-electron chi connectivity index (χ1n) is 5.32. The molecule has 5 heteroatoms. The first-order valence-corrected chi connectivity index (χ1v) is 6.20. The van der Waals surface area contributed by atoms with Crippen molar-refractivity contribution in [2.24, 2.45) is 0 Å². The number of hydrogen-bond acceptors (Lipinski definition) is 4. The predicted octanol–water partition coefficient (Wildman–Crippen LogP) is 3.00. The van der Waals surface area contributed by atoms with E-state index in [1.807, 2.05) is 30.3 Å². The lowest BCUT2D eigenvalue weighted by Crippen LogP contribution is -2.05. The van der Waals surface area contributed by atoms with Crippen molar-refractivity contribution in [3.8, 4) is 5.75 Å². The number of carbonyl (C=O) groups is 1. The summed E-state index contributed by atoms with van der Waals surface area (Å²) in [6, 6.07) is 11.3. The van der Waals surface area contributed by atoms with E-state index in [2.05, 4.69) is 0 Å². The highest BCUT2D eigenvalue weighted by Gasteiger charge is 2.12. The molecule has 1 heterocycles. The zero-order chi connectivity index (χ0) is 12.8. The second-order valence-corrected chi connectivity index (χ2v) is 4.43. The molecule has 94 valence electrons. The van der Waals surface area contributed by atoms with Gasteiger partial charge in [-0.2, -0.15) is 0 Å². The lowest BCUT2D eigenvalue weighted by atomic mass is 10.2. The van der Waals surface area contributed by atoms with Crippen molar-refractivity contribution in [2.75, 3.05) is 6.79 Å². The molecule has 18 heavy (non-hydrogen) atoms. The van der Waals surface area contributed by atoms with Gasteiger partial charge in [-0.25, -0.2) is 4.79 Å². The van der Waals surface area contributed by atoms with Crippen LogP contribution in [0.4, 0.5) is 0 Å². The average Bonchev–Trinajstić information content (AvgIpc) is 2.84. The molecule has 1 N–H and O–H groups in total. The molecule has 0 atom stereocenters. The van der Waals surface area contributed by atoms with Gasteiger partial charge in [0.25, 0.3) is 0 Å². The van der Waals surface area contributed by atoms with E-state index in [0.29, 0.717) is 12.4 Å². The van der Waals surface area contributed by atoms with Gasteiger partial charge in [-0.05, 0) is 17.0 Å². The summed E-state index contributed by atoms with van der Waals surface area (Å²) < 4.78 is 10.6. The number of carboxylic acid groups (broad SMARTS) is 1. The quantitative estimate of drug-likeness (QED) is 0.643. The molecule has 0 aliphatic carbocycles. The highest BCUT2D eigenvalue weighted by molar-refractivity contribution is 7.12. The second kappa shape index (κ2) is 6.18. The van der Waals surface area contributed by atoms with Crippen LogP contribution in [0.5, 0.6) is 5.75 Å². The van der Waals surface area contributed by atoms with Gasteiger partial charge in [-0.3, -0.25) is 0 Å². The molecule has 2 aromatic rings. The zero-order valence-corrected chi connectivity index (χ0v) is 10.4. The third-order valence-electron chi connectivity index (χ3n) is 2.23. The van der Waals surface area contributed by atoms with Crippen molar-refractivity contribution in [1.29, 1.82) is 0 Å². The molecule has 0 saturated carbocycles. The van der Waals surface area contributed by atoms with Crippen LogP contribution in [-0.2, 0) is 11.3 Å². The maximum atomic E-state index is 10.8. The first kappa shape index (κ1) is 12.6. The third kappa shape index (κ3) is 3.32. The summed E-state index contributed by atoms with van der Waals surface area (Å²) in [5.41, 5.74) is 1.05. The van der Waals surface area contributed by atoms with Crippen molar-refractivity contribution in [2.45, 2.75) is 6.61 Å². The predicted molar refractivity (Wildman–Crippen MR) is 68.0 cm³/mol. The van der Waals surface area contributed by atoms with Gasteiger partial charge in [0.2, 0.25) is 0 Å². The number of aromatic carboxylic acids is 1. The van der Waals surface area contributed by atoms with Crippen LogP contribution in [0.15, 0.2) is 41.8 Å². The standard InChI is InChI=1S/C13H12O4S/c14-13(15)12-11(6-7-18-12)17-9-16-8-10-4-2-1-3-5-10/h1-7H,8-9H2,(H,14,15). The van der Waals surface area contributed by atoms with Crippen LogP contribution in [0.1, 0.15) is 15.2 Å². The van der Waals surface area contributed by atoms with Crippen molar-refractivity contribution in [1.82, 2.24) is 0 Å². The Kier molecular flexibility index (Phi) is 4.33. The lowest BCUT2D eigenvalue weighted by molar-refractivity contribution is 0.00464. The van der Waals surface area contributed by atoms with Gasteiger partial charge < -0.3 is 14.6 Å². The summed E-state index contributed by atoms with van der Waals surface area (Å²) in [5.74, 6) is -0.636. The fourth-order valence-electron chi connectivity index (χ4n) is 1.41. The number of rotatable bonds is 6. The molecule has 4 nitrogen and oxygen atoms in total. The third-order valence-corrected chi connectivity index (χ3v) is 3.12. The van der Waals surface area contributed by atoms with Crippen LogP contribution in [0.3, 0.4) is 0 Å². The van der Waals surface area contributed by atoms with Gasteiger partial charge in [0, 0.05) is 0 Å². The zero-order valence-electron chi connectivity index (χ0n) is 9.54. The number of benzene rings is 1. The lowest BCUT2D eigenvalue weighted by Gasteiger charge is -2.06. The maximum absolute atomic E-state index is 10.8. The minimum Gasteiger partial charge on any atom is -0.477 e. The highest BCUT2D eigenvalue weighted by Crippen LogP contribution is 2.24. The Bertz CT molecular complexity index is 507. The van der Waals surface area contributed by atoms with Crippen LogP contribution in [-0.4, -0.2) is 17.9 Å². The molecular formula is C13H12O4S. The summed E-state index contributed by atoms with van der Waals surface area (Å²) in [5, 5.41) is 10.6. The Morgan fingerprint density at radius 2 is 2.00 bits per heavy atom. The van der Waals surface area contributed by atoms with E-state index < -0.39 is 5.97 Å². The van der Waals surface area contributed by atoms with Gasteiger partial charge >= 0.3 is 5.97 Å². The molecule has 1 aromatic heterocycles. The largest absolute Gasteiger partial charge is 0.477 e. The van der Waals surface area contributed by atoms with Crippen LogP contribution in [0.2, 0.25) is 0 Å². The van der Waals surface area contributed by atoms with Crippen LogP contribution >= 0.6 is 11.3 Å². The van der Waals surface area contributed by atoms with E-state index in [0.717, 1.165) is 16.9 Å². The Morgan fingerprint density at radius 3 is 2.72 bits per heavy atom. The topological polar surface area (TPSA) is 55.8 Å². The molecule has 0 bridgehead atoms.